The number of hydrogen-bond acceptors (Lipinski definition) is 5. The maximum atomic E-state index is 13.4. The third-order valence-electron chi connectivity index (χ3n) is 6.19. The maximum Gasteiger partial charge on any atom is 0.315 e. The second-order valence-corrected chi connectivity index (χ2v) is 8.16. The molecule has 1 aromatic carbocycles. The fourth-order valence-electron chi connectivity index (χ4n) is 4.36. The van der Waals surface area contributed by atoms with E-state index in [1.165, 1.54) is 0 Å². The number of methoxy groups -OCH3 is 1. The van der Waals surface area contributed by atoms with Gasteiger partial charge in [-0.3, -0.25) is 14.2 Å². The minimum atomic E-state index is -0.967. The monoisotopic (exact) mass is 436 g/mol. The van der Waals surface area contributed by atoms with Crippen LogP contribution in [0, 0.1) is 5.41 Å². The van der Waals surface area contributed by atoms with Crippen molar-refractivity contribution in [1.82, 2.24) is 9.55 Å². The number of ether oxygens (including phenoxy) is 2. The summed E-state index contributed by atoms with van der Waals surface area (Å²) < 4.78 is 12.8. The molecule has 32 heavy (non-hydrogen) atoms. The zero-order valence-corrected chi connectivity index (χ0v) is 18.6. The predicted molar refractivity (Wildman–Crippen MR) is 123 cm³/mol. The van der Waals surface area contributed by atoms with Gasteiger partial charge in [0.05, 0.1) is 25.5 Å². The van der Waals surface area contributed by atoms with Crippen LogP contribution in [0.2, 0.25) is 0 Å². The Morgan fingerprint density at radius 1 is 1.34 bits per heavy atom. The molecule has 7 heteroatoms. The van der Waals surface area contributed by atoms with Crippen molar-refractivity contribution in [3.8, 4) is 11.5 Å². The summed E-state index contributed by atoms with van der Waals surface area (Å²) in [5.74, 6) is 0.893. The van der Waals surface area contributed by atoms with E-state index in [0.29, 0.717) is 48.0 Å². The Morgan fingerprint density at radius 3 is 2.84 bits per heavy atom. The molecule has 168 valence electrons. The third-order valence-corrected chi connectivity index (χ3v) is 6.19. The van der Waals surface area contributed by atoms with Crippen LogP contribution in [0.3, 0.4) is 0 Å². The first-order valence-electron chi connectivity index (χ1n) is 11.0. The molecular weight excluding hydrogens is 408 g/mol. The summed E-state index contributed by atoms with van der Waals surface area (Å²) in [7, 11) is 1.60. The molecule has 1 aromatic heterocycles. The number of carboxylic acids is 1. The highest BCUT2D eigenvalue weighted by atomic mass is 16.5. The van der Waals surface area contributed by atoms with Crippen LogP contribution >= 0.6 is 0 Å². The first kappa shape index (κ1) is 21.9. The first-order valence-corrected chi connectivity index (χ1v) is 11.0. The van der Waals surface area contributed by atoms with Gasteiger partial charge >= 0.3 is 5.97 Å². The van der Waals surface area contributed by atoms with E-state index < -0.39 is 11.4 Å². The summed E-state index contributed by atoms with van der Waals surface area (Å²) in [6.07, 6.45) is 9.86. The van der Waals surface area contributed by atoms with E-state index in [4.69, 9.17) is 14.5 Å². The summed E-state index contributed by atoms with van der Waals surface area (Å²) in [5.41, 5.74) is 0.933. The van der Waals surface area contributed by atoms with Crippen LogP contribution < -0.4 is 15.0 Å². The number of hydrogen-bond donors (Lipinski definition) is 1. The molecule has 2 aliphatic rings. The van der Waals surface area contributed by atoms with Gasteiger partial charge in [-0.15, -0.1) is 0 Å². The van der Waals surface area contributed by atoms with Crippen LogP contribution in [0.1, 0.15) is 61.8 Å². The molecule has 2 atom stereocenters. The van der Waals surface area contributed by atoms with Crippen LogP contribution in [0.25, 0.3) is 18.2 Å². The van der Waals surface area contributed by atoms with E-state index in [1.54, 1.807) is 23.8 Å². The smallest absolute Gasteiger partial charge is 0.315 e. The van der Waals surface area contributed by atoms with E-state index in [0.717, 1.165) is 18.4 Å². The number of unbranched alkanes of at least 4 members (excludes halogenated alkanes) is 1. The normalized spacial score (nSPS) is 20.7. The molecule has 1 aliphatic carbocycles. The Bertz CT molecular complexity index is 1160. The van der Waals surface area contributed by atoms with Crippen LogP contribution in [-0.4, -0.2) is 34.3 Å². The van der Waals surface area contributed by atoms with Crippen molar-refractivity contribution < 1.29 is 19.4 Å². The molecule has 4 rings (SSSR count). The molecule has 7 nitrogen and oxygen atoms in total. The second kappa shape index (κ2) is 8.65. The van der Waals surface area contributed by atoms with Crippen molar-refractivity contribution in [3.05, 3.63) is 57.3 Å². The van der Waals surface area contributed by atoms with Gasteiger partial charge in [-0.2, -0.15) is 0 Å². The first-order chi connectivity index (χ1) is 15.5. The Hall–Kier alpha value is -3.35. The highest BCUT2D eigenvalue weighted by Gasteiger charge is 2.62. The van der Waals surface area contributed by atoms with Gasteiger partial charge in [-0.25, -0.2) is 4.98 Å². The fraction of sp³-hybridized carbons (Fsp3) is 0.400. The van der Waals surface area contributed by atoms with E-state index in [2.05, 4.69) is 6.92 Å². The van der Waals surface area contributed by atoms with E-state index in [1.807, 2.05) is 37.3 Å². The summed E-state index contributed by atoms with van der Waals surface area (Å²) in [4.78, 5) is 29.9. The van der Waals surface area contributed by atoms with Gasteiger partial charge in [-0.1, -0.05) is 31.6 Å². The minimum absolute atomic E-state index is 0.143. The van der Waals surface area contributed by atoms with Gasteiger partial charge in [0.15, 0.2) is 11.5 Å². The van der Waals surface area contributed by atoms with Gasteiger partial charge in [0.1, 0.15) is 11.2 Å². The summed E-state index contributed by atoms with van der Waals surface area (Å²) in [6.45, 7) is 4.51. The summed E-state index contributed by atoms with van der Waals surface area (Å²) in [6, 6.07) is 5.30. The van der Waals surface area contributed by atoms with Crippen LogP contribution in [0.15, 0.2) is 29.1 Å². The van der Waals surface area contributed by atoms with Gasteiger partial charge < -0.3 is 14.6 Å². The summed E-state index contributed by atoms with van der Waals surface area (Å²) >= 11 is 0. The fourth-order valence-corrected chi connectivity index (χ4v) is 4.36. The Kier molecular flexibility index (Phi) is 5.91. The van der Waals surface area contributed by atoms with E-state index in [9.17, 15) is 14.7 Å². The minimum Gasteiger partial charge on any atom is -0.492 e. The zero-order valence-electron chi connectivity index (χ0n) is 18.6. The number of aromatic nitrogens is 2. The lowest BCUT2D eigenvalue weighted by Crippen LogP contribution is -2.32. The van der Waals surface area contributed by atoms with Crippen LogP contribution in [0.5, 0.6) is 11.5 Å². The highest BCUT2D eigenvalue weighted by Crippen LogP contribution is 2.59. The van der Waals surface area contributed by atoms with Gasteiger partial charge in [0.2, 0.25) is 0 Å². The van der Waals surface area contributed by atoms with Gasteiger partial charge in [0.25, 0.3) is 5.56 Å². The summed E-state index contributed by atoms with van der Waals surface area (Å²) in [5, 5.41) is 9.62. The lowest BCUT2D eigenvalue weighted by atomic mass is 10.0. The number of fused-ring (bicyclic) bond motifs is 3. The molecule has 1 fully saturated rings. The Labute approximate surface area is 187 Å². The lowest BCUT2D eigenvalue weighted by molar-refractivity contribution is -0.141. The van der Waals surface area contributed by atoms with Crippen LogP contribution in [-0.2, 0) is 11.2 Å². The second-order valence-electron chi connectivity index (χ2n) is 8.16. The Morgan fingerprint density at radius 2 is 2.16 bits per heavy atom. The molecule has 1 aliphatic heterocycles. The predicted octanol–water partition coefficient (Wildman–Crippen LogP) is 4.21. The van der Waals surface area contributed by atoms with E-state index in [-0.39, 0.29) is 11.6 Å². The zero-order chi connectivity index (χ0) is 22.9. The van der Waals surface area contributed by atoms with Gasteiger partial charge in [-0.05, 0) is 50.5 Å². The number of benzene rings is 1. The topological polar surface area (TPSA) is 90.7 Å². The largest absolute Gasteiger partial charge is 0.492 e. The van der Waals surface area contributed by atoms with Crippen LogP contribution in [0.4, 0.5) is 0 Å². The molecule has 0 saturated heterocycles. The molecule has 2 unspecified atom stereocenters. The molecule has 1 N–H and O–H groups in total. The molecule has 0 radical (unpaired) electrons. The van der Waals surface area contributed by atoms with Crippen molar-refractivity contribution in [1.29, 1.82) is 0 Å². The lowest BCUT2D eigenvalue weighted by Gasteiger charge is -2.19. The number of rotatable bonds is 9. The number of aliphatic carboxylic acids is 1. The number of nitrogens with zero attached hydrogens (tertiary/aromatic N) is 2. The Balaban J connectivity index is 1.78. The third kappa shape index (κ3) is 3.61. The van der Waals surface area contributed by atoms with Crippen molar-refractivity contribution >= 4 is 24.2 Å². The van der Waals surface area contributed by atoms with Crippen molar-refractivity contribution in [3.63, 3.8) is 0 Å². The SMILES string of the molecule is CCCCc1c(/C=C/c2cccc(OCC)c2OC)nc2n(c1=O)C1CC1(C(=O)O)C=C2. The maximum absolute atomic E-state index is 13.4. The van der Waals surface area contributed by atoms with Gasteiger partial charge in [0, 0.05) is 11.1 Å². The van der Waals surface area contributed by atoms with Crippen molar-refractivity contribution in [2.75, 3.05) is 13.7 Å². The molecule has 0 amide bonds. The molecular formula is C25H28N2O5. The van der Waals surface area contributed by atoms with Crippen molar-refractivity contribution in [2.24, 2.45) is 5.41 Å². The molecule has 0 bridgehead atoms. The molecule has 2 heterocycles. The number of carboxylic acid groups (broad SMARTS) is 1. The average Bonchev–Trinajstić information content (AvgIpc) is 3.54. The molecule has 0 spiro atoms. The highest BCUT2D eigenvalue weighted by molar-refractivity contribution is 5.84. The molecule has 1 saturated carbocycles. The molecule has 2 aromatic rings. The number of carbonyl (C=O) groups is 1. The van der Waals surface area contributed by atoms with Crippen molar-refractivity contribution in [2.45, 2.75) is 45.6 Å². The van der Waals surface area contributed by atoms with E-state index >= 15 is 0 Å². The average molecular weight is 437 g/mol. The number of para-hydroxylation sites is 1. The standard InChI is InChI=1S/C25H28N2O5/c1-4-6-9-17-18(12-11-16-8-7-10-19(32-5-2)22(16)31-3)26-21-13-14-25(24(29)30)15-20(25)27(21)23(17)28/h7-8,10-14,20H,4-6,9,15H2,1-3H3,(H,29,30)/b12-11+. The quantitative estimate of drug-likeness (QED) is 0.633.